The van der Waals surface area contributed by atoms with Crippen LogP contribution in [0.4, 0.5) is 0 Å². The van der Waals surface area contributed by atoms with Crippen LogP contribution in [0.2, 0.25) is 0 Å². The van der Waals surface area contributed by atoms with Crippen LogP contribution in [0.5, 0.6) is 5.75 Å². The van der Waals surface area contributed by atoms with Crippen LogP contribution in [0.3, 0.4) is 0 Å². The third-order valence-electron chi connectivity index (χ3n) is 12.4. The maximum Gasteiger partial charge on any atom is 0.338 e. The Morgan fingerprint density at radius 3 is 1.89 bits per heavy atom. The second-order valence-electron chi connectivity index (χ2n) is 20.4. The van der Waals surface area contributed by atoms with Crippen LogP contribution in [0.1, 0.15) is 91.4 Å². The summed E-state index contributed by atoms with van der Waals surface area (Å²) in [4.78, 5) is 80.2. The molecule has 0 spiro atoms. The monoisotopic (exact) mass is 1060 g/mol. The number of carbonyl (C=O) groups is 6. The summed E-state index contributed by atoms with van der Waals surface area (Å²) < 4.78 is 94.0. The first-order valence-electron chi connectivity index (χ1n) is 24.6. The number of carbonyl (C=O) groups excluding carboxylic acids is 6. The Kier molecular flexibility index (Phi) is 20.0. The van der Waals surface area contributed by atoms with Gasteiger partial charge in [-0.1, -0.05) is 36.4 Å². The summed E-state index contributed by atoms with van der Waals surface area (Å²) in [6, 6.07) is 13.7. The molecule has 6 rings (SSSR count). The zero-order valence-corrected chi connectivity index (χ0v) is 44.4. The molecule has 75 heavy (non-hydrogen) atoms. The van der Waals surface area contributed by atoms with Gasteiger partial charge in [-0.15, -0.1) is 6.58 Å². The molecule has 414 valence electrons. The number of hydrogen-bond acceptors (Lipinski definition) is 21. The predicted octanol–water partition coefficient (Wildman–Crippen LogP) is 4.43. The van der Waals surface area contributed by atoms with Gasteiger partial charge >= 0.3 is 29.8 Å². The molecule has 0 bridgehead atoms. The average Bonchev–Trinajstić information content (AvgIpc) is 3.35. The van der Waals surface area contributed by atoms with E-state index in [0.717, 1.165) is 0 Å². The van der Waals surface area contributed by atoms with Gasteiger partial charge in [0.2, 0.25) is 5.91 Å². The van der Waals surface area contributed by atoms with Crippen molar-refractivity contribution in [2.45, 2.75) is 168 Å². The molecule has 0 radical (unpaired) electrons. The smallest absolute Gasteiger partial charge is 0.338 e. The summed E-state index contributed by atoms with van der Waals surface area (Å²) in [6.45, 7) is 18.0. The van der Waals surface area contributed by atoms with Crippen LogP contribution in [-0.4, -0.2) is 162 Å². The molecular weight excluding hydrogens is 987 g/mol. The Labute approximate surface area is 436 Å². The molecule has 0 aromatic heterocycles. The quantitative estimate of drug-likeness (QED) is 0.123. The van der Waals surface area contributed by atoms with E-state index in [2.05, 4.69) is 11.9 Å². The Morgan fingerprint density at radius 1 is 0.680 bits per heavy atom. The van der Waals surface area contributed by atoms with Gasteiger partial charge in [0, 0.05) is 33.4 Å². The summed E-state index contributed by atoms with van der Waals surface area (Å²) in [5.74, 6) is -3.64. The largest absolute Gasteiger partial charge is 0.497 e. The number of nitrogens with one attached hydrogen (secondary N) is 1. The molecule has 2 aromatic carbocycles. The molecule has 0 saturated carbocycles. The van der Waals surface area contributed by atoms with Crippen molar-refractivity contribution in [1.82, 2.24) is 5.32 Å². The van der Waals surface area contributed by atoms with Gasteiger partial charge in [0.1, 0.15) is 48.9 Å². The van der Waals surface area contributed by atoms with Crippen molar-refractivity contribution in [2.24, 2.45) is 10.8 Å². The normalized spacial score (nSPS) is 31.8. The molecule has 0 aliphatic carbocycles. The summed E-state index contributed by atoms with van der Waals surface area (Å²) in [7, 11) is 2.82. The molecule has 4 saturated heterocycles. The molecule has 22 heteroatoms. The summed E-state index contributed by atoms with van der Waals surface area (Å²) >= 11 is 0. The molecule has 1 amide bonds. The molecule has 4 fully saturated rings. The first-order valence-corrected chi connectivity index (χ1v) is 24.6. The Bertz CT molecular complexity index is 2280. The third kappa shape index (κ3) is 14.9. The van der Waals surface area contributed by atoms with Crippen molar-refractivity contribution in [1.29, 1.82) is 0 Å². The average molecular weight is 1060 g/mol. The van der Waals surface area contributed by atoms with Crippen molar-refractivity contribution in [3.8, 4) is 5.75 Å². The highest BCUT2D eigenvalue weighted by atomic mass is 16.8. The number of rotatable bonds is 18. The lowest BCUT2D eigenvalue weighted by molar-refractivity contribution is -0.403. The SMILES string of the molecule is C=CCO[C@@H]1O[C@H](COC(=O)C(C)(C)C)[C@H](OC(=O)C(C)(C)C)[C@H](O[C@@H]2O[C@@H]3COC(c4ccc(OC)cc4)O[C@@H]3[C@H](OC(=O)c3ccccc3)[C@H]2O[C@@H]2O[C@@H](C)[C@@H](OC(C)=O)[C@@H](OC(C)=O)[C@@H]2OC)[C@H]1NC(C)=O. The maximum atomic E-state index is 14.5. The minimum absolute atomic E-state index is 0.112. The van der Waals surface area contributed by atoms with Gasteiger partial charge in [-0.25, -0.2) is 4.79 Å². The first kappa shape index (κ1) is 58.7. The highest BCUT2D eigenvalue weighted by Crippen LogP contribution is 2.41. The number of methoxy groups -OCH3 is 2. The van der Waals surface area contributed by atoms with E-state index in [1.807, 2.05) is 0 Å². The minimum atomic E-state index is -1.74. The topological polar surface area (TPSA) is 253 Å². The van der Waals surface area contributed by atoms with E-state index >= 15 is 0 Å². The highest BCUT2D eigenvalue weighted by molar-refractivity contribution is 5.89. The first-order chi connectivity index (χ1) is 35.4. The number of hydrogen-bond donors (Lipinski definition) is 1. The van der Waals surface area contributed by atoms with Crippen molar-refractivity contribution in [3.63, 3.8) is 0 Å². The lowest BCUT2D eigenvalue weighted by Crippen LogP contribution is -2.70. The van der Waals surface area contributed by atoms with Crippen LogP contribution < -0.4 is 10.1 Å². The summed E-state index contributed by atoms with van der Waals surface area (Å²) in [6.07, 6.45) is -19.1. The van der Waals surface area contributed by atoms with Gasteiger partial charge < -0.3 is 76.4 Å². The number of esters is 5. The summed E-state index contributed by atoms with van der Waals surface area (Å²) in [5.41, 5.74) is -1.38. The van der Waals surface area contributed by atoms with Gasteiger partial charge in [0.15, 0.2) is 55.7 Å². The highest BCUT2D eigenvalue weighted by Gasteiger charge is 2.60. The van der Waals surface area contributed by atoms with E-state index in [-0.39, 0.29) is 18.8 Å². The second kappa shape index (κ2) is 25.5. The molecule has 4 aliphatic rings. The molecule has 1 N–H and O–H groups in total. The lowest BCUT2D eigenvalue weighted by atomic mass is 9.93. The predicted molar refractivity (Wildman–Crippen MR) is 259 cm³/mol. The van der Waals surface area contributed by atoms with Gasteiger partial charge in [-0.3, -0.25) is 24.0 Å². The Balaban J connectivity index is 1.54. The summed E-state index contributed by atoms with van der Waals surface area (Å²) in [5, 5.41) is 2.83. The van der Waals surface area contributed by atoms with Crippen molar-refractivity contribution in [3.05, 3.63) is 78.4 Å². The fraction of sp³-hybridized carbons (Fsp3) is 0.623. The number of fused-ring (bicyclic) bond motifs is 1. The number of amides is 1. The molecule has 2 aromatic rings. The van der Waals surface area contributed by atoms with Gasteiger partial charge in [-0.05, 0) is 72.7 Å². The lowest BCUT2D eigenvalue weighted by Gasteiger charge is -2.52. The van der Waals surface area contributed by atoms with Crippen LogP contribution in [0, 0.1) is 10.8 Å². The van der Waals surface area contributed by atoms with Crippen LogP contribution in [0.25, 0.3) is 0 Å². The molecule has 16 atom stereocenters. The maximum absolute atomic E-state index is 14.5. The zero-order valence-electron chi connectivity index (χ0n) is 44.4. The van der Waals surface area contributed by atoms with Crippen molar-refractivity contribution >= 4 is 35.8 Å². The molecule has 4 heterocycles. The van der Waals surface area contributed by atoms with E-state index in [4.69, 9.17) is 71.1 Å². The number of benzene rings is 2. The molecule has 1 unspecified atom stereocenters. The minimum Gasteiger partial charge on any atom is -0.497 e. The van der Waals surface area contributed by atoms with Gasteiger partial charge in [-0.2, -0.15) is 0 Å². The van der Waals surface area contributed by atoms with Crippen LogP contribution in [-0.2, 0) is 90.3 Å². The van der Waals surface area contributed by atoms with Crippen LogP contribution >= 0.6 is 0 Å². The van der Waals surface area contributed by atoms with Gasteiger partial charge in [0.05, 0.1) is 42.8 Å². The Hall–Kier alpha value is -5.56. The van der Waals surface area contributed by atoms with Gasteiger partial charge in [0.25, 0.3) is 0 Å². The number of ether oxygens (including phenoxy) is 15. The Morgan fingerprint density at radius 2 is 1.31 bits per heavy atom. The third-order valence-corrected chi connectivity index (χ3v) is 12.4. The van der Waals surface area contributed by atoms with Crippen molar-refractivity contribution in [2.75, 3.05) is 34.0 Å². The van der Waals surface area contributed by atoms with E-state index in [1.165, 1.54) is 41.1 Å². The van der Waals surface area contributed by atoms with E-state index in [1.54, 1.807) is 103 Å². The zero-order chi connectivity index (χ0) is 54.9. The van der Waals surface area contributed by atoms with E-state index in [0.29, 0.717) is 11.3 Å². The molecule has 22 nitrogen and oxygen atoms in total. The fourth-order valence-electron chi connectivity index (χ4n) is 8.66. The second-order valence-corrected chi connectivity index (χ2v) is 20.4. The standard InChI is InChI=1S/C53H71NO21/c1-14-24-63-47-36(54-28(3)55)40(38(75-51(60)53(9,10)11)35(69-47)26-65-50(59)52(6,7)8)73-49-44(74-48-43(62-13)41(68-30(5)57)37(27(2)66-48)67-29(4)56)42(71-45(58)31-18-16-15-17-19-31)39-34(70-49)25-64-46(72-39)32-20-22-33(61-12)23-21-32/h14-23,27,34-44,46-49H,1,24-26H2,2-13H3,(H,54,55)/t27-,34+,35+,36+,37+,38-,39-,40+,41+,42-,43-,44+,46?,47+,48-,49-/m0/s1. The molecular formula is C53H71NO21. The van der Waals surface area contributed by atoms with E-state index < -0.39 is 152 Å². The van der Waals surface area contributed by atoms with E-state index in [9.17, 15) is 28.8 Å². The van der Waals surface area contributed by atoms with Crippen LogP contribution in [0.15, 0.2) is 67.3 Å². The fourth-order valence-corrected chi connectivity index (χ4v) is 8.66. The molecule has 4 aliphatic heterocycles. The van der Waals surface area contributed by atoms with Crippen molar-refractivity contribution < 1.29 is 99.8 Å².